The van der Waals surface area contributed by atoms with Crippen molar-refractivity contribution in [2.24, 2.45) is 0 Å². The molecule has 0 radical (unpaired) electrons. The Kier molecular flexibility index (Phi) is 5.81. The smallest absolute Gasteiger partial charge is 0.402 e. The van der Waals surface area contributed by atoms with E-state index in [1.54, 1.807) is 0 Å². The molecule has 0 aromatic rings. The second-order valence-electron chi connectivity index (χ2n) is 2.82. The van der Waals surface area contributed by atoms with E-state index in [-0.39, 0.29) is 0 Å². The fraction of sp³-hybridized carbons (Fsp3) is 0.833. The first kappa shape index (κ1) is 16.1. The lowest BCUT2D eigenvalue weighted by molar-refractivity contribution is -0.143. The summed E-state index contributed by atoms with van der Waals surface area (Å²) in [5.74, 6) is -1.12. The maximum Gasteiger partial charge on any atom is 0.402 e. The number of hydrogen-bond donors (Lipinski definition) is 3. The van der Waals surface area contributed by atoms with Crippen LogP contribution in [0.15, 0.2) is 0 Å². The van der Waals surface area contributed by atoms with Gasteiger partial charge in [0.1, 0.15) is 12.6 Å². The molecule has 0 amide bonds. The highest BCUT2D eigenvalue weighted by atomic mass is 32.2. The van der Waals surface area contributed by atoms with Gasteiger partial charge in [0.05, 0.1) is 13.7 Å². The van der Waals surface area contributed by atoms with Crippen LogP contribution in [0.4, 0.5) is 13.2 Å². The van der Waals surface area contributed by atoms with Gasteiger partial charge in [-0.1, -0.05) is 0 Å². The lowest BCUT2D eigenvalue weighted by Gasteiger charge is -2.15. The highest BCUT2D eigenvalue weighted by molar-refractivity contribution is 7.87. The Balaban J connectivity index is 4.48. The molecular weight excluding hydrogens is 269 g/mol. The van der Waals surface area contributed by atoms with Crippen LogP contribution in [-0.4, -0.2) is 52.0 Å². The molecule has 0 heterocycles. The lowest BCUT2D eigenvalue weighted by atomic mass is 10.3. The average molecular weight is 280 g/mol. The number of esters is 1. The third-order valence-electron chi connectivity index (χ3n) is 1.43. The Morgan fingerprint density at radius 1 is 1.47 bits per heavy atom. The van der Waals surface area contributed by atoms with Crippen LogP contribution >= 0.6 is 0 Å². The van der Waals surface area contributed by atoms with Gasteiger partial charge in [0.25, 0.3) is 10.2 Å². The highest BCUT2D eigenvalue weighted by Crippen LogP contribution is 2.12. The fourth-order valence-electron chi connectivity index (χ4n) is 0.708. The number of carbonyl (C=O) groups is 1. The summed E-state index contributed by atoms with van der Waals surface area (Å²) >= 11 is 0. The van der Waals surface area contributed by atoms with Gasteiger partial charge in [-0.05, 0) is 0 Å². The molecule has 7 nitrogen and oxygen atoms in total. The molecule has 17 heavy (non-hydrogen) atoms. The number of nitrogens with one attached hydrogen (secondary N) is 2. The molecule has 0 saturated heterocycles. The summed E-state index contributed by atoms with van der Waals surface area (Å²) in [5, 5.41) is 8.64. The standard InChI is InChI=1S/C6H11F3N2O5S/c1-16-5(13)4(2-12)11-17(14,15)10-3-6(7,8)9/h4,10-12H,2-3H2,1H3. The second kappa shape index (κ2) is 6.14. The van der Waals surface area contributed by atoms with Gasteiger partial charge in [0, 0.05) is 0 Å². The highest BCUT2D eigenvalue weighted by Gasteiger charge is 2.31. The van der Waals surface area contributed by atoms with Crippen molar-refractivity contribution < 1.29 is 36.2 Å². The molecule has 0 aliphatic carbocycles. The summed E-state index contributed by atoms with van der Waals surface area (Å²) in [7, 11) is -3.63. The van der Waals surface area contributed by atoms with E-state index in [0.29, 0.717) is 0 Å². The fourth-order valence-corrected chi connectivity index (χ4v) is 1.69. The number of ether oxygens (including phenoxy) is 1. The van der Waals surface area contributed by atoms with Crippen molar-refractivity contribution in [3.8, 4) is 0 Å². The molecule has 0 rings (SSSR count). The number of rotatable bonds is 6. The van der Waals surface area contributed by atoms with Crippen molar-refractivity contribution in [1.82, 2.24) is 9.44 Å². The molecular formula is C6H11F3N2O5S. The van der Waals surface area contributed by atoms with Crippen LogP contribution in [0.1, 0.15) is 0 Å². The summed E-state index contributed by atoms with van der Waals surface area (Å²) in [6.45, 7) is -2.73. The quantitative estimate of drug-likeness (QED) is 0.514. The topological polar surface area (TPSA) is 105 Å². The minimum absolute atomic E-state index is 0.933. The summed E-state index contributed by atoms with van der Waals surface area (Å²) in [6, 6.07) is -1.66. The molecule has 11 heteroatoms. The van der Waals surface area contributed by atoms with Crippen molar-refractivity contribution in [3.63, 3.8) is 0 Å². The molecule has 0 aliphatic heterocycles. The summed E-state index contributed by atoms with van der Waals surface area (Å²) in [5.41, 5.74) is 0. The Morgan fingerprint density at radius 3 is 2.35 bits per heavy atom. The minimum atomic E-state index is -4.73. The van der Waals surface area contributed by atoms with E-state index in [0.717, 1.165) is 11.8 Å². The van der Waals surface area contributed by atoms with Gasteiger partial charge in [-0.3, -0.25) is 4.79 Å². The molecule has 0 bridgehead atoms. The predicted octanol–water partition coefficient (Wildman–Crippen LogP) is -1.49. The van der Waals surface area contributed by atoms with E-state index in [2.05, 4.69) is 4.74 Å². The van der Waals surface area contributed by atoms with Crippen LogP contribution < -0.4 is 9.44 Å². The Labute approximate surface area is 95.1 Å². The number of methoxy groups -OCH3 is 1. The van der Waals surface area contributed by atoms with Crippen LogP contribution in [0.3, 0.4) is 0 Å². The van der Waals surface area contributed by atoms with Crippen LogP contribution in [0.25, 0.3) is 0 Å². The van der Waals surface area contributed by atoms with E-state index in [9.17, 15) is 26.4 Å². The predicted molar refractivity (Wildman–Crippen MR) is 49.0 cm³/mol. The number of halogens is 3. The molecule has 0 spiro atoms. The number of aliphatic hydroxyl groups excluding tert-OH is 1. The zero-order chi connectivity index (χ0) is 13.7. The Bertz CT molecular complexity index is 355. The number of hydrogen-bond acceptors (Lipinski definition) is 5. The molecule has 1 unspecified atom stereocenters. The van der Waals surface area contributed by atoms with Gasteiger partial charge in [0.2, 0.25) is 0 Å². The van der Waals surface area contributed by atoms with Gasteiger partial charge in [0.15, 0.2) is 0 Å². The molecule has 1 atom stereocenters. The Hall–Kier alpha value is -0.910. The largest absolute Gasteiger partial charge is 0.468 e. The van der Waals surface area contributed by atoms with E-state index in [1.807, 2.05) is 0 Å². The Morgan fingerprint density at radius 2 is 2.00 bits per heavy atom. The van der Waals surface area contributed by atoms with Crippen molar-refractivity contribution in [3.05, 3.63) is 0 Å². The molecule has 0 aromatic heterocycles. The van der Waals surface area contributed by atoms with Gasteiger partial charge in [-0.15, -0.1) is 0 Å². The van der Waals surface area contributed by atoms with Gasteiger partial charge >= 0.3 is 12.1 Å². The molecule has 0 fully saturated rings. The van der Waals surface area contributed by atoms with Crippen molar-refractivity contribution in [2.75, 3.05) is 20.3 Å². The third kappa shape index (κ3) is 7.10. The van der Waals surface area contributed by atoms with Crippen molar-refractivity contribution in [1.29, 1.82) is 0 Å². The van der Waals surface area contributed by atoms with Gasteiger partial charge in [-0.25, -0.2) is 0 Å². The monoisotopic (exact) mass is 280 g/mol. The van der Waals surface area contributed by atoms with E-state index in [4.69, 9.17) is 5.11 Å². The first-order valence-corrected chi connectivity index (χ1v) is 5.62. The molecule has 0 aromatic carbocycles. The van der Waals surface area contributed by atoms with Crippen molar-refractivity contribution >= 4 is 16.2 Å². The zero-order valence-corrected chi connectivity index (χ0v) is 9.43. The van der Waals surface area contributed by atoms with Gasteiger partial charge in [-0.2, -0.15) is 31.0 Å². The lowest BCUT2D eigenvalue weighted by Crippen LogP contribution is -2.50. The first-order chi connectivity index (χ1) is 7.61. The van der Waals surface area contributed by atoms with E-state index < -0.39 is 41.5 Å². The molecule has 3 N–H and O–H groups in total. The maximum atomic E-state index is 11.7. The van der Waals surface area contributed by atoms with Gasteiger partial charge < -0.3 is 9.84 Å². The molecule has 102 valence electrons. The maximum absolute atomic E-state index is 11.7. The average Bonchev–Trinajstić information content (AvgIpc) is 2.21. The summed E-state index contributed by atoms with van der Waals surface area (Å²) in [6.07, 6.45) is -4.73. The van der Waals surface area contributed by atoms with Crippen LogP contribution in [-0.2, 0) is 19.7 Å². The van der Waals surface area contributed by atoms with E-state index >= 15 is 0 Å². The van der Waals surface area contributed by atoms with E-state index in [1.165, 1.54) is 4.72 Å². The number of alkyl halides is 3. The first-order valence-electron chi connectivity index (χ1n) is 4.13. The second-order valence-corrected chi connectivity index (χ2v) is 4.35. The molecule has 0 aliphatic rings. The van der Waals surface area contributed by atoms with Crippen LogP contribution in [0, 0.1) is 0 Å². The summed E-state index contributed by atoms with van der Waals surface area (Å²) < 4.78 is 64.0. The third-order valence-corrected chi connectivity index (χ3v) is 2.55. The SMILES string of the molecule is COC(=O)C(CO)NS(=O)(=O)NCC(F)(F)F. The summed E-state index contributed by atoms with van der Waals surface area (Å²) in [4.78, 5) is 10.9. The number of carbonyl (C=O) groups excluding carboxylic acids is 1. The van der Waals surface area contributed by atoms with Crippen LogP contribution in [0.2, 0.25) is 0 Å². The normalized spacial score (nSPS) is 14.4. The van der Waals surface area contributed by atoms with Crippen LogP contribution in [0.5, 0.6) is 0 Å². The zero-order valence-electron chi connectivity index (χ0n) is 8.61. The number of aliphatic hydroxyl groups is 1. The molecule has 0 saturated carbocycles. The van der Waals surface area contributed by atoms with Crippen molar-refractivity contribution in [2.45, 2.75) is 12.2 Å². The minimum Gasteiger partial charge on any atom is -0.468 e.